The lowest BCUT2D eigenvalue weighted by Gasteiger charge is -2.07. The monoisotopic (exact) mass is 664 g/mol. The van der Waals surface area contributed by atoms with Gasteiger partial charge in [0.05, 0.1) is 22.8 Å². The van der Waals surface area contributed by atoms with Crippen LogP contribution in [0.5, 0.6) is 0 Å². The Labute approximate surface area is 301 Å². The van der Waals surface area contributed by atoms with Crippen molar-refractivity contribution in [3.05, 3.63) is 181 Å². The Morgan fingerprint density at radius 3 is 0.962 bits per heavy atom. The van der Waals surface area contributed by atoms with Crippen molar-refractivity contribution in [2.75, 3.05) is 0 Å². The standard InChI is InChI=1S/C48H32N4/c1-5-15-31(16-6-1)43-37-25-26-38(49-37)44(32-17-7-2-8-18-32)40-28-30-42(51-40)46(34-21-11-4-12-22-34)48-36-24-14-13-23-35(36)47(52-48)45(33-19-9-3-10-20-33)41-29-27-39(43)50-41/h1-30,50-51H. The summed E-state index contributed by atoms with van der Waals surface area (Å²) in [7, 11) is 0. The third-order valence-corrected chi connectivity index (χ3v) is 9.99. The maximum atomic E-state index is 5.63. The summed E-state index contributed by atoms with van der Waals surface area (Å²) in [5, 5.41) is 0. The Balaban J connectivity index is 1.45. The predicted molar refractivity (Wildman–Crippen MR) is 216 cm³/mol. The second kappa shape index (κ2) is 12.4. The Morgan fingerprint density at radius 1 is 0.288 bits per heavy atom. The van der Waals surface area contributed by atoms with Crippen LogP contribution in [-0.2, 0) is 0 Å². The summed E-state index contributed by atoms with van der Waals surface area (Å²) in [6.07, 6.45) is 4.29. The lowest BCUT2D eigenvalue weighted by Crippen LogP contribution is -1.88. The number of hydrogen-bond acceptors (Lipinski definition) is 2. The molecule has 2 aliphatic heterocycles. The van der Waals surface area contributed by atoms with Crippen molar-refractivity contribution in [2.24, 2.45) is 0 Å². The summed E-state index contributed by atoms with van der Waals surface area (Å²) in [5.74, 6) is 0. The summed E-state index contributed by atoms with van der Waals surface area (Å²) < 4.78 is 0. The van der Waals surface area contributed by atoms with Crippen molar-refractivity contribution in [1.29, 1.82) is 0 Å². The Hall–Kier alpha value is -7.04. The number of fused-ring (bicyclic) bond motifs is 11. The van der Waals surface area contributed by atoms with Gasteiger partial charge in [-0.1, -0.05) is 146 Å². The quantitative estimate of drug-likeness (QED) is 0.197. The smallest absolute Gasteiger partial charge is 0.0815 e. The van der Waals surface area contributed by atoms with E-state index in [1.54, 1.807) is 0 Å². The normalized spacial score (nSPS) is 11.8. The van der Waals surface area contributed by atoms with Crippen molar-refractivity contribution in [1.82, 2.24) is 19.9 Å². The average Bonchev–Trinajstić information content (AvgIpc) is 4.04. The van der Waals surface area contributed by atoms with Gasteiger partial charge in [-0.15, -0.1) is 0 Å². The SMILES string of the molecule is C1=Cc2nc1c(-c1ccccc1)c1ccc([nH]1)c(-c1ccccc1)c1nc(c(-c3ccccc3)c3ccc([nH]3)c2-c2ccccc2)-c2ccccc2-1. The molecule has 4 heteroatoms. The van der Waals surface area contributed by atoms with E-state index in [2.05, 4.69) is 192 Å². The highest BCUT2D eigenvalue weighted by Gasteiger charge is 2.25. The molecule has 0 fully saturated rings. The molecule has 8 aromatic rings. The molecule has 3 aromatic heterocycles. The highest BCUT2D eigenvalue weighted by molar-refractivity contribution is 6.05. The summed E-state index contributed by atoms with van der Waals surface area (Å²) >= 11 is 0. The molecule has 5 heterocycles. The van der Waals surface area contributed by atoms with E-state index in [9.17, 15) is 0 Å². The first-order valence-corrected chi connectivity index (χ1v) is 17.6. The molecule has 0 spiro atoms. The van der Waals surface area contributed by atoms with Crippen LogP contribution in [0.3, 0.4) is 0 Å². The van der Waals surface area contributed by atoms with Crippen LogP contribution in [0.4, 0.5) is 0 Å². The Kier molecular flexibility index (Phi) is 7.10. The minimum Gasteiger partial charge on any atom is -0.354 e. The summed E-state index contributed by atoms with van der Waals surface area (Å²) in [6.45, 7) is 0. The first-order chi connectivity index (χ1) is 25.8. The van der Waals surface area contributed by atoms with Crippen LogP contribution in [0, 0.1) is 0 Å². The first-order valence-electron chi connectivity index (χ1n) is 17.6. The Bertz CT molecular complexity index is 2620. The molecule has 0 saturated heterocycles. The van der Waals surface area contributed by atoms with E-state index in [1.807, 2.05) is 0 Å². The van der Waals surface area contributed by atoms with Gasteiger partial charge in [-0.3, -0.25) is 0 Å². The van der Waals surface area contributed by atoms with Crippen molar-refractivity contribution in [3.63, 3.8) is 0 Å². The molecule has 0 saturated carbocycles. The molecule has 244 valence electrons. The van der Waals surface area contributed by atoms with Gasteiger partial charge in [0.2, 0.25) is 0 Å². The van der Waals surface area contributed by atoms with Gasteiger partial charge in [0, 0.05) is 55.4 Å². The van der Waals surface area contributed by atoms with Gasteiger partial charge < -0.3 is 9.97 Å². The molecule has 0 amide bonds. The minimum atomic E-state index is 0.902. The van der Waals surface area contributed by atoms with Crippen LogP contribution in [0.2, 0.25) is 0 Å². The van der Waals surface area contributed by atoms with E-state index < -0.39 is 0 Å². The van der Waals surface area contributed by atoms with Gasteiger partial charge in [-0.25, -0.2) is 9.97 Å². The van der Waals surface area contributed by atoms with Crippen LogP contribution in [0.1, 0.15) is 11.4 Å². The minimum absolute atomic E-state index is 0.902. The van der Waals surface area contributed by atoms with Crippen LogP contribution < -0.4 is 0 Å². The van der Waals surface area contributed by atoms with Gasteiger partial charge >= 0.3 is 0 Å². The fourth-order valence-electron chi connectivity index (χ4n) is 7.67. The number of nitrogens with zero attached hydrogens (tertiary/aromatic N) is 2. The zero-order valence-corrected chi connectivity index (χ0v) is 28.2. The second-order valence-corrected chi connectivity index (χ2v) is 13.1. The number of benzene rings is 5. The van der Waals surface area contributed by atoms with Gasteiger partial charge in [-0.05, 0) is 58.7 Å². The number of aromatic nitrogens is 4. The van der Waals surface area contributed by atoms with Crippen LogP contribution >= 0.6 is 0 Å². The number of hydrogen-bond donors (Lipinski definition) is 2. The zero-order chi connectivity index (χ0) is 34.4. The summed E-state index contributed by atoms with van der Waals surface area (Å²) in [6, 6.07) is 59.6. The van der Waals surface area contributed by atoms with Crippen LogP contribution in [0.15, 0.2) is 170 Å². The lowest BCUT2D eigenvalue weighted by atomic mass is 9.95. The fourth-order valence-corrected chi connectivity index (χ4v) is 7.67. The maximum Gasteiger partial charge on any atom is 0.0815 e. The van der Waals surface area contributed by atoms with E-state index >= 15 is 0 Å². The number of rotatable bonds is 4. The van der Waals surface area contributed by atoms with Crippen molar-refractivity contribution < 1.29 is 0 Å². The molecule has 0 radical (unpaired) electrons. The highest BCUT2D eigenvalue weighted by atomic mass is 14.8. The maximum absolute atomic E-state index is 5.63. The largest absolute Gasteiger partial charge is 0.354 e. The van der Waals surface area contributed by atoms with Crippen molar-refractivity contribution in [2.45, 2.75) is 0 Å². The molecule has 0 atom stereocenters. The predicted octanol–water partition coefficient (Wildman–Crippen LogP) is 12.5. The van der Waals surface area contributed by atoms with Gasteiger partial charge in [0.1, 0.15) is 0 Å². The molecular formula is C48H32N4. The summed E-state index contributed by atoms with van der Waals surface area (Å²) in [4.78, 5) is 18.8. The molecule has 52 heavy (non-hydrogen) atoms. The van der Waals surface area contributed by atoms with E-state index in [4.69, 9.17) is 9.97 Å². The van der Waals surface area contributed by atoms with E-state index in [0.29, 0.717) is 0 Å². The third-order valence-electron chi connectivity index (χ3n) is 9.99. The second-order valence-electron chi connectivity index (χ2n) is 13.1. The molecule has 5 aromatic carbocycles. The van der Waals surface area contributed by atoms with E-state index in [-0.39, 0.29) is 0 Å². The lowest BCUT2D eigenvalue weighted by molar-refractivity contribution is 1.32. The Morgan fingerprint density at radius 2 is 0.596 bits per heavy atom. The zero-order valence-electron chi connectivity index (χ0n) is 28.2. The van der Waals surface area contributed by atoms with Gasteiger partial charge in [0.25, 0.3) is 0 Å². The van der Waals surface area contributed by atoms with Crippen molar-refractivity contribution in [3.8, 4) is 67.0 Å². The first kappa shape index (κ1) is 29.8. The number of H-pyrrole nitrogens is 2. The molecule has 0 unspecified atom stereocenters. The number of aromatic amines is 2. The fraction of sp³-hybridized carbons (Fsp3) is 0. The molecule has 4 nitrogen and oxygen atoms in total. The van der Waals surface area contributed by atoms with Gasteiger partial charge in [0.15, 0.2) is 0 Å². The van der Waals surface area contributed by atoms with Crippen molar-refractivity contribution >= 4 is 34.2 Å². The number of nitrogens with one attached hydrogen (secondary N) is 2. The third kappa shape index (κ3) is 5.00. The molecule has 0 aliphatic carbocycles. The van der Waals surface area contributed by atoms with Gasteiger partial charge in [-0.2, -0.15) is 0 Å². The molecule has 2 aliphatic rings. The molecule has 2 N–H and O–H groups in total. The van der Waals surface area contributed by atoms with Crippen LogP contribution in [0.25, 0.3) is 101 Å². The summed E-state index contributed by atoms with van der Waals surface area (Å²) in [5.41, 5.74) is 18.4. The molecule has 8 bridgehead atoms. The topological polar surface area (TPSA) is 57.4 Å². The molecule has 10 rings (SSSR count). The highest BCUT2D eigenvalue weighted by Crippen LogP contribution is 2.46. The van der Waals surface area contributed by atoms with E-state index in [1.165, 1.54) is 0 Å². The van der Waals surface area contributed by atoms with Crippen LogP contribution in [-0.4, -0.2) is 19.9 Å². The molecular weight excluding hydrogens is 633 g/mol. The van der Waals surface area contributed by atoms with E-state index in [0.717, 1.165) is 100 Å². The average molecular weight is 665 g/mol.